The molecule has 1 atom stereocenters. The number of hydrogen-bond donors (Lipinski definition) is 1. The van der Waals surface area contributed by atoms with Crippen LogP contribution in [0.3, 0.4) is 0 Å². The maximum atomic E-state index is 4.75. The van der Waals surface area contributed by atoms with Crippen LogP contribution in [0.15, 0.2) is 29.6 Å². The van der Waals surface area contributed by atoms with E-state index in [9.17, 15) is 0 Å². The average Bonchev–Trinajstić information content (AvgIpc) is 2.88. The van der Waals surface area contributed by atoms with Crippen molar-refractivity contribution >= 4 is 11.3 Å². The predicted molar refractivity (Wildman–Crippen MR) is 88.3 cm³/mol. The smallest absolute Gasteiger partial charge is 0.123 e. The van der Waals surface area contributed by atoms with Crippen molar-refractivity contribution in [1.29, 1.82) is 0 Å². The Balaban J connectivity index is 2.20. The Kier molecular flexibility index (Phi) is 4.61. The van der Waals surface area contributed by atoms with Gasteiger partial charge in [-0.3, -0.25) is 0 Å². The van der Waals surface area contributed by atoms with Crippen LogP contribution in [0, 0.1) is 0 Å². The van der Waals surface area contributed by atoms with E-state index in [0.29, 0.717) is 6.04 Å². The first kappa shape index (κ1) is 15.2. The van der Waals surface area contributed by atoms with Crippen molar-refractivity contribution in [2.24, 2.45) is 0 Å². The Morgan fingerprint density at radius 3 is 2.40 bits per heavy atom. The van der Waals surface area contributed by atoms with Gasteiger partial charge in [0, 0.05) is 17.0 Å². The van der Waals surface area contributed by atoms with Crippen LogP contribution in [0.5, 0.6) is 0 Å². The minimum Gasteiger partial charge on any atom is -0.309 e. The van der Waals surface area contributed by atoms with Crippen LogP contribution in [-0.2, 0) is 5.41 Å². The fourth-order valence-electron chi connectivity index (χ4n) is 2.14. The fourth-order valence-corrected chi connectivity index (χ4v) is 3.06. The van der Waals surface area contributed by atoms with Crippen molar-refractivity contribution in [3.05, 3.63) is 40.9 Å². The highest BCUT2D eigenvalue weighted by Crippen LogP contribution is 2.29. The molecule has 3 heteroatoms. The molecule has 108 valence electrons. The van der Waals surface area contributed by atoms with Gasteiger partial charge < -0.3 is 5.32 Å². The second-order valence-electron chi connectivity index (χ2n) is 6.18. The molecule has 1 aromatic carbocycles. The van der Waals surface area contributed by atoms with Crippen LogP contribution < -0.4 is 5.32 Å². The van der Waals surface area contributed by atoms with Crippen molar-refractivity contribution in [3.8, 4) is 10.6 Å². The lowest BCUT2D eigenvalue weighted by molar-refractivity contribution is 0.586. The van der Waals surface area contributed by atoms with Gasteiger partial charge in [-0.15, -0.1) is 11.3 Å². The molecule has 1 aromatic heterocycles. The molecule has 2 aromatic rings. The molecule has 0 spiro atoms. The summed E-state index contributed by atoms with van der Waals surface area (Å²) in [5.41, 5.74) is 3.90. The molecule has 20 heavy (non-hydrogen) atoms. The highest BCUT2D eigenvalue weighted by atomic mass is 32.1. The second kappa shape index (κ2) is 6.06. The molecule has 1 heterocycles. The number of hydrogen-bond acceptors (Lipinski definition) is 3. The second-order valence-corrected chi connectivity index (χ2v) is 7.04. The SMILES string of the molecule is CCNC(C)c1csc(-c2ccc(C(C)(C)C)cc2)n1. The van der Waals surface area contributed by atoms with Gasteiger partial charge in [0.05, 0.1) is 5.69 Å². The molecule has 0 fully saturated rings. The van der Waals surface area contributed by atoms with E-state index < -0.39 is 0 Å². The van der Waals surface area contributed by atoms with Crippen LogP contribution in [0.25, 0.3) is 10.6 Å². The average molecular weight is 288 g/mol. The maximum Gasteiger partial charge on any atom is 0.123 e. The number of nitrogens with one attached hydrogen (secondary N) is 1. The zero-order valence-electron chi connectivity index (χ0n) is 13.0. The van der Waals surface area contributed by atoms with Crippen LogP contribution >= 0.6 is 11.3 Å². The molecule has 0 saturated carbocycles. The summed E-state index contributed by atoms with van der Waals surface area (Å²) >= 11 is 1.72. The Hall–Kier alpha value is -1.19. The van der Waals surface area contributed by atoms with E-state index in [1.165, 1.54) is 11.1 Å². The first-order valence-corrected chi connectivity index (χ1v) is 8.09. The third kappa shape index (κ3) is 3.47. The van der Waals surface area contributed by atoms with Gasteiger partial charge in [0.1, 0.15) is 5.01 Å². The quantitative estimate of drug-likeness (QED) is 0.876. The van der Waals surface area contributed by atoms with Crippen LogP contribution in [0.1, 0.15) is 51.9 Å². The first-order valence-electron chi connectivity index (χ1n) is 7.21. The maximum absolute atomic E-state index is 4.75. The third-order valence-corrected chi connectivity index (χ3v) is 4.38. The summed E-state index contributed by atoms with van der Waals surface area (Å²) in [4.78, 5) is 4.75. The summed E-state index contributed by atoms with van der Waals surface area (Å²) in [6.45, 7) is 12.0. The number of rotatable bonds is 4. The highest BCUT2D eigenvalue weighted by Gasteiger charge is 2.14. The van der Waals surface area contributed by atoms with E-state index in [-0.39, 0.29) is 5.41 Å². The van der Waals surface area contributed by atoms with Crippen LogP contribution in [-0.4, -0.2) is 11.5 Å². The van der Waals surface area contributed by atoms with Crippen LogP contribution in [0.4, 0.5) is 0 Å². The summed E-state index contributed by atoms with van der Waals surface area (Å²) in [6.07, 6.45) is 0. The number of nitrogens with zero attached hydrogens (tertiary/aromatic N) is 1. The molecule has 1 N–H and O–H groups in total. The standard InChI is InChI=1S/C17H24N2S/c1-6-18-12(2)15-11-20-16(19-15)13-7-9-14(10-8-13)17(3,4)5/h7-12,18H,6H2,1-5H3. The van der Waals surface area contributed by atoms with E-state index >= 15 is 0 Å². The van der Waals surface area contributed by atoms with Gasteiger partial charge in [-0.2, -0.15) is 0 Å². The molecule has 1 unspecified atom stereocenters. The summed E-state index contributed by atoms with van der Waals surface area (Å²) in [5, 5.41) is 6.65. The zero-order chi connectivity index (χ0) is 14.8. The van der Waals surface area contributed by atoms with Gasteiger partial charge in [-0.05, 0) is 24.4 Å². The molecule has 2 rings (SSSR count). The number of thiazole rings is 1. The Labute approximate surface area is 126 Å². The lowest BCUT2D eigenvalue weighted by Crippen LogP contribution is -2.17. The molecule has 0 radical (unpaired) electrons. The van der Waals surface area contributed by atoms with Crippen molar-refractivity contribution in [1.82, 2.24) is 10.3 Å². The molecule has 0 bridgehead atoms. The topological polar surface area (TPSA) is 24.9 Å². The van der Waals surface area contributed by atoms with Crippen LogP contribution in [0.2, 0.25) is 0 Å². The minimum absolute atomic E-state index is 0.201. The van der Waals surface area contributed by atoms with Crippen molar-refractivity contribution < 1.29 is 0 Å². The third-order valence-electron chi connectivity index (χ3n) is 3.47. The highest BCUT2D eigenvalue weighted by molar-refractivity contribution is 7.13. The molecule has 0 saturated heterocycles. The van der Waals surface area contributed by atoms with Crippen molar-refractivity contribution in [2.75, 3.05) is 6.54 Å². The van der Waals surface area contributed by atoms with E-state index in [2.05, 4.69) is 69.6 Å². The van der Waals surface area contributed by atoms with Gasteiger partial charge in [0.15, 0.2) is 0 Å². The molecular formula is C17H24N2S. The molecule has 0 amide bonds. The van der Waals surface area contributed by atoms with E-state index in [1.54, 1.807) is 11.3 Å². The Bertz CT molecular complexity index is 549. The lowest BCUT2D eigenvalue weighted by Gasteiger charge is -2.18. The Morgan fingerprint density at radius 1 is 1.20 bits per heavy atom. The fraction of sp³-hybridized carbons (Fsp3) is 0.471. The number of aromatic nitrogens is 1. The monoisotopic (exact) mass is 288 g/mol. The molecular weight excluding hydrogens is 264 g/mol. The summed E-state index contributed by atoms with van der Waals surface area (Å²) in [6, 6.07) is 9.11. The van der Waals surface area contributed by atoms with Gasteiger partial charge >= 0.3 is 0 Å². The minimum atomic E-state index is 0.201. The van der Waals surface area contributed by atoms with Gasteiger partial charge in [-0.1, -0.05) is 52.0 Å². The molecule has 0 aliphatic heterocycles. The van der Waals surface area contributed by atoms with E-state index in [1.807, 2.05) is 0 Å². The van der Waals surface area contributed by atoms with Gasteiger partial charge in [0.25, 0.3) is 0 Å². The van der Waals surface area contributed by atoms with E-state index in [4.69, 9.17) is 4.98 Å². The molecule has 2 nitrogen and oxygen atoms in total. The van der Waals surface area contributed by atoms with Gasteiger partial charge in [0.2, 0.25) is 0 Å². The summed E-state index contributed by atoms with van der Waals surface area (Å²) in [5.74, 6) is 0. The lowest BCUT2D eigenvalue weighted by atomic mass is 9.87. The first-order chi connectivity index (χ1) is 9.41. The van der Waals surface area contributed by atoms with E-state index in [0.717, 1.165) is 17.2 Å². The largest absolute Gasteiger partial charge is 0.309 e. The molecule has 0 aliphatic carbocycles. The zero-order valence-corrected chi connectivity index (χ0v) is 13.8. The van der Waals surface area contributed by atoms with Crippen molar-refractivity contribution in [2.45, 2.75) is 46.1 Å². The number of benzene rings is 1. The summed E-state index contributed by atoms with van der Waals surface area (Å²) in [7, 11) is 0. The normalized spacial score (nSPS) is 13.4. The molecule has 0 aliphatic rings. The Morgan fingerprint density at radius 2 is 1.85 bits per heavy atom. The van der Waals surface area contributed by atoms with Crippen molar-refractivity contribution in [3.63, 3.8) is 0 Å². The van der Waals surface area contributed by atoms with Gasteiger partial charge in [-0.25, -0.2) is 4.98 Å². The predicted octanol–water partition coefficient (Wildman–Crippen LogP) is 4.78. The summed E-state index contributed by atoms with van der Waals surface area (Å²) < 4.78 is 0.